The predicted molar refractivity (Wildman–Crippen MR) is 80.2 cm³/mol. The lowest BCUT2D eigenvalue weighted by Gasteiger charge is -2.16. The lowest BCUT2D eigenvalue weighted by atomic mass is 10.0. The van der Waals surface area contributed by atoms with Gasteiger partial charge in [0.2, 0.25) is 0 Å². The van der Waals surface area contributed by atoms with Gasteiger partial charge in [-0.2, -0.15) is 0 Å². The van der Waals surface area contributed by atoms with Crippen LogP contribution in [-0.4, -0.2) is 35.7 Å². The smallest absolute Gasteiger partial charge is 0.411 e. The Balaban J connectivity index is 2.08. The maximum absolute atomic E-state index is 11.0. The number of carbonyl (C=O) groups is 1. The van der Waals surface area contributed by atoms with Crippen molar-refractivity contribution in [1.82, 2.24) is 10.3 Å². The number of ether oxygens (including phenoxy) is 1. The molecule has 0 bridgehead atoms. The highest BCUT2D eigenvalue weighted by atomic mass is 16.6. The average molecular weight is 299 g/mol. The Morgan fingerprint density at radius 1 is 1.18 bits per heavy atom. The molecule has 0 fully saturated rings. The number of hydrogen-bond acceptors (Lipinski definition) is 5. The number of hydrogen-bond donors (Lipinski definition) is 1. The summed E-state index contributed by atoms with van der Waals surface area (Å²) < 4.78 is 10.1. The van der Waals surface area contributed by atoms with Gasteiger partial charge in [0.1, 0.15) is 16.8 Å². The molecule has 2 aromatic carbocycles. The number of rotatable bonds is 3. The number of nitrogens with zero attached hydrogens (tertiary/aromatic N) is 3. The molecular formula is C15H13N3O4. The quantitative estimate of drug-likeness (QED) is 0.799. The zero-order chi connectivity index (χ0) is 15.7. The van der Waals surface area contributed by atoms with Gasteiger partial charge in [-0.1, -0.05) is 6.07 Å². The van der Waals surface area contributed by atoms with Gasteiger partial charge in [-0.25, -0.2) is 9.42 Å². The van der Waals surface area contributed by atoms with Gasteiger partial charge in [-0.3, -0.25) is 4.90 Å². The van der Waals surface area contributed by atoms with Gasteiger partial charge in [0.15, 0.2) is 0 Å². The van der Waals surface area contributed by atoms with E-state index in [1.165, 1.54) is 7.05 Å². The summed E-state index contributed by atoms with van der Waals surface area (Å²) in [5.41, 5.74) is 3.55. The van der Waals surface area contributed by atoms with Gasteiger partial charge in [-0.05, 0) is 40.1 Å². The molecule has 7 heteroatoms. The van der Waals surface area contributed by atoms with Crippen LogP contribution in [0.15, 0.2) is 41.0 Å². The van der Waals surface area contributed by atoms with Gasteiger partial charge in [-0.15, -0.1) is 0 Å². The van der Waals surface area contributed by atoms with Crippen LogP contribution in [0.1, 0.15) is 0 Å². The first-order valence-electron chi connectivity index (χ1n) is 6.47. The summed E-state index contributed by atoms with van der Waals surface area (Å²) in [6.07, 6.45) is -1.04. The van der Waals surface area contributed by atoms with E-state index in [1.54, 1.807) is 25.3 Å². The molecule has 22 heavy (non-hydrogen) atoms. The molecule has 3 aromatic rings. The minimum absolute atomic E-state index is 0.525. The van der Waals surface area contributed by atoms with Crippen molar-refractivity contribution in [1.29, 1.82) is 0 Å². The molecule has 0 spiro atoms. The summed E-state index contributed by atoms with van der Waals surface area (Å²) >= 11 is 0. The van der Waals surface area contributed by atoms with Crippen molar-refractivity contribution in [2.45, 2.75) is 0 Å². The second-order valence-corrected chi connectivity index (χ2v) is 4.69. The molecule has 0 radical (unpaired) electrons. The minimum atomic E-state index is -1.04. The lowest BCUT2D eigenvalue weighted by Crippen LogP contribution is -2.23. The highest BCUT2D eigenvalue weighted by molar-refractivity contribution is 5.88. The monoisotopic (exact) mass is 299 g/mol. The first kappa shape index (κ1) is 13.9. The van der Waals surface area contributed by atoms with Crippen molar-refractivity contribution in [3.05, 3.63) is 36.4 Å². The third-order valence-electron chi connectivity index (χ3n) is 3.42. The normalized spacial score (nSPS) is 10.6. The summed E-state index contributed by atoms with van der Waals surface area (Å²) in [7, 11) is 3.02. The minimum Gasteiger partial charge on any atom is -0.496 e. The van der Waals surface area contributed by atoms with Gasteiger partial charge >= 0.3 is 6.09 Å². The number of aromatic nitrogens is 2. The van der Waals surface area contributed by atoms with E-state index in [4.69, 9.17) is 9.84 Å². The van der Waals surface area contributed by atoms with Gasteiger partial charge < -0.3 is 9.84 Å². The Labute approximate surface area is 125 Å². The van der Waals surface area contributed by atoms with Crippen molar-refractivity contribution in [2.75, 3.05) is 19.1 Å². The lowest BCUT2D eigenvalue weighted by molar-refractivity contribution is 0.203. The van der Waals surface area contributed by atoms with E-state index in [0.29, 0.717) is 22.5 Å². The fourth-order valence-corrected chi connectivity index (χ4v) is 2.19. The molecule has 0 aliphatic rings. The van der Waals surface area contributed by atoms with Crippen LogP contribution >= 0.6 is 0 Å². The molecule has 1 heterocycles. The van der Waals surface area contributed by atoms with E-state index < -0.39 is 6.09 Å². The highest BCUT2D eigenvalue weighted by Crippen LogP contribution is 2.34. The molecule has 0 saturated carbocycles. The number of fused-ring (bicyclic) bond motifs is 1. The van der Waals surface area contributed by atoms with Crippen molar-refractivity contribution >= 4 is 22.8 Å². The van der Waals surface area contributed by atoms with Crippen molar-refractivity contribution in [2.24, 2.45) is 0 Å². The zero-order valence-corrected chi connectivity index (χ0v) is 12.0. The first-order valence-corrected chi connectivity index (χ1v) is 6.47. The van der Waals surface area contributed by atoms with Crippen molar-refractivity contribution in [3.63, 3.8) is 0 Å². The van der Waals surface area contributed by atoms with E-state index >= 15 is 0 Å². The Morgan fingerprint density at radius 3 is 2.68 bits per heavy atom. The van der Waals surface area contributed by atoms with Crippen LogP contribution < -0.4 is 9.64 Å². The molecule has 0 aliphatic heterocycles. The average Bonchev–Trinajstić information content (AvgIpc) is 3.00. The number of anilines is 1. The van der Waals surface area contributed by atoms with Gasteiger partial charge in [0.05, 0.1) is 12.8 Å². The SMILES string of the molecule is COc1cc(N(C)C(=O)O)ccc1-c1ccc2nonc2c1. The molecule has 1 amide bonds. The fraction of sp³-hybridized carbons (Fsp3) is 0.133. The van der Waals surface area contributed by atoms with E-state index in [9.17, 15) is 4.79 Å². The van der Waals surface area contributed by atoms with Crippen molar-refractivity contribution < 1.29 is 19.3 Å². The standard InChI is InChI=1S/C15H13N3O4/c1-18(15(19)20)10-4-5-11(14(8-10)21-2)9-3-6-12-13(7-9)17-22-16-12/h3-8H,1-2H3,(H,19,20). The van der Waals surface area contributed by atoms with Crippen LogP contribution in [-0.2, 0) is 0 Å². The molecule has 0 aliphatic carbocycles. The summed E-state index contributed by atoms with van der Waals surface area (Å²) in [6.45, 7) is 0. The molecular weight excluding hydrogens is 286 g/mol. The van der Waals surface area contributed by atoms with Crippen LogP contribution in [0.3, 0.4) is 0 Å². The molecule has 0 unspecified atom stereocenters. The summed E-state index contributed by atoms with van der Waals surface area (Å²) in [6, 6.07) is 10.7. The van der Waals surface area contributed by atoms with Crippen LogP contribution in [0.4, 0.5) is 10.5 Å². The Kier molecular flexibility index (Phi) is 3.38. The second-order valence-electron chi connectivity index (χ2n) is 4.69. The topological polar surface area (TPSA) is 88.7 Å². The Morgan fingerprint density at radius 2 is 1.95 bits per heavy atom. The third-order valence-corrected chi connectivity index (χ3v) is 3.42. The number of carboxylic acid groups (broad SMARTS) is 1. The largest absolute Gasteiger partial charge is 0.496 e. The second kappa shape index (κ2) is 5.36. The molecule has 0 atom stereocenters. The summed E-state index contributed by atoms with van der Waals surface area (Å²) in [5, 5.41) is 16.6. The third kappa shape index (κ3) is 2.32. The summed E-state index contributed by atoms with van der Waals surface area (Å²) in [5.74, 6) is 0.571. The Bertz CT molecular complexity index is 844. The number of methoxy groups -OCH3 is 1. The molecule has 1 aromatic heterocycles. The molecule has 7 nitrogen and oxygen atoms in total. The molecule has 1 N–H and O–H groups in total. The van der Waals surface area contributed by atoms with Crippen molar-refractivity contribution in [3.8, 4) is 16.9 Å². The maximum atomic E-state index is 11.0. The van der Waals surface area contributed by atoms with Gasteiger partial charge in [0.25, 0.3) is 0 Å². The predicted octanol–water partition coefficient (Wildman–Crippen LogP) is 3.01. The van der Waals surface area contributed by atoms with E-state index in [1.807, 2.05) is 18.2 Å². The van der Waals surface area contributed by atoms with E-state index in [-0.39, 0.29) is 0 Å². The highest BCUT2D eigenvalue weighted by Gasteiger charge is 2.13. The maximum Gasteiger partial charge on any atom is 0.411 e. The molecule has 112 valence electrons. The van der Waals surface area contributed by atoms with Crippen LogP contribution in [0.2, 0.25) is 0 Å². The zero-order valence-electron chi connectivity index (χ0n) is 12.0. The van der Waals surface area contributed by atoms with E-state index in [2.05, 4.69) is 14.9 Å². The van der Waals surface area contributed by atoms with Crippen LogP contribution in [0.5, 0.6) is 5.75 Å². The fourth-order valence-electron chi connectivity index (χ4n) is 2.19. The van der Waals surface area contributed by atoms with E-state index in [0.717, 1.165) is 16.0 Å². The van der Waals surface area contributed by atoms with Crippen LogP contribution in [0, 0.1) is 0 Å². The first-order chi connectivity index (χ1) is 10.6. The molecule has 3 rings (SSSR count). The molecule has 0 saturated heterocycles. The van der Waals surface area contributed by atoms with Gasteiger partial charge in [0, 0.05) is 18.7 Å². The van der Waals surface area contributed by atoms with Crippen LogP contribution in [0.25, 0.3) is 22.2 Å². The summed E-state index contributed by atoms with van der Waals surface area (Å²) in [4.78, 5) is 12.2. The number of amides is 1. The Hall–Kier alpha value is -3.09. The number of benzene rings is 2.